The quantitative estimate of drug-likeness (QED) is 0.254. The third-order valence-corrected chi connectivity index (χ3v) is 9.04. The highest BCUT2D eigenvalue weighted by Gasteiger charge is 2.34. The Balaban J connectivity index is 2.06. The fourth-order valence-electron chi connectivity index (χ4n) is 4.30. The number of hydrogen-bond acceptors (Lipinski definition) is 5. The van der Waals surface area contributed by atoms with Crippen LogP contribution in [0, 0.1) is 18.7 Å². The Morgan fingerprint density at radius 3 is 2.21 bits per heavy atom. The molecule has 0 aliphatic heterocycles. The molecular formula is C31H37BrFN3O5S. The van der Waals surface area contributed by atoms with E-state index in [0.29, 0.717) is 34.4 Å². The minimum Gasteiger partial charge on any atom is -0.496 e. The molecule has 3 aromatic rings. The average Bonchev–Trinajstić information content (AvgIpc) is 2.96. The van der Waals surface area contributed by atoms with E-state index in [-0.39, 0.29) is 23.3 Å². The SMILES string of the molecule is CC[C@@H](C(=O)NCC(C)C)N(Cc1ccc(F)cc1)C(=O)CN(c1ccc(C)cc1)S(=O)(=O)c1ccc(OC)c(Br)c1. The van der Waals surface area contributed by atoms with Crippen molar-refractivity contribution in [1.29, 1.82) is 0 Å². The second-order valence-corrected chi connectivity index (χ2v) is 13.1. The Bertz CT molecular complexity index is 1480. The molecule has 0 aliphatic carbocycles. The summed E-state index contributed by atoms with van der Waals surface area (Å²) in [6.45, 7) is 7.43. The van der Waals surface area contributed by atoms with Gasteiger partial charge in [-0.15, -0.1) is 0 Å². The van der Waals surface area contributed by atoms with Gasteiger partial charge in [0.1, 0.15) is 24.2 Å². The molecule has 0 saturated carbocycles. The monoisotopic (exact) mass is 661 g/mol. The van der Waals surface area contributed by atoms with E-state index in [4.69, 9.17) is 4.74 Å². The topological polar surface area (TPSA) is 96.0 Å². The van der Waals surface area contributed by atoms with Crippen molar-refractivity contribution in [2.45, 2.75) is 51.6 Å². The molecule has 0 aliphatic rings. The maximum atomic E-state index is 14.1. The minimum atomic E-state index is -4.25. The predicted molar refractivity (Wildman–Crippen MR) is 165 cm³/mol. The molecule has 3 rings (SSSR count). The molecule has 226 valence electrons. The number of halogens is 2. The Morgan fingerprint density at radius 1 is 1.02 bits per heavy atom. The van der Waals surface area contributed by atoms with Gasteiger partial charge in [-0.3, -0.25) is 13.9 Å². The van der Waals surface area contributed by atoms with Crippen LogP contribution >= 0.6 is 15.9 Å². The Morgan fingerprint density at radius 2 is 1.67 bits per heavy atom. The summed E-state index contributed by atoms with van der Waals surface area (Å²) in [5, 5.41) is 2.89. The number of amides is 2. The number of carbonyl (C=O) groups is 2. The van der Waals surface area contributed by atoms with E-state index < -0.39 is 34.3 Å². The average molecular weight is 663 g/mol. The number of carbonyl (C=O) groups excluding carboxylic acids is 2. The van der Waals surface area contributed by atoms with Gasteiger partial charge in [-0.2, -0.15) is 0 Å². The van der Waals surface area contributed by atoms with E-state index >= 15 is 0 Å². The number of ether oxygens (including phenoxy) is 1. The largest absolute Gasteiger partial charge is 0.496 e. The summed E-state index contributed by atoms with van der Waals surface area (Å²) < 4.78 is 48.5. The van der Waals surface area contributed by atoms with Crippen LogP contribution in [0.15, 0.2) is 76.1 Å². The molecule has 1 N–H and O–H groups in total. The van der Waals surface area contributed by atoms with Gasteiger partial charge in [-0.05, 0) is 83.2 Å². The molecule has 3 aromatic carbocycles. The summed E-state index contributed by atoms with van der Waals surface area (Å²) >= 11 is 3.35. The van der Waals surface area contributed by atoms with Crippen molar-refractivity contribution in [2.75, 3.05) is 24.5 Å². The highest BCUT2D eigenvalue weighted by molar-refractivity contribution is 9.10. The van der Waals surface area contributed by atoms with Crippen LogP contribution in [0.4, 0.5) is 10.1 Å². The van der Waals surface area contributed by atoms with Gasteiger partial charge in [-0.25, -0.2) is 12.8 Å². The normalized spacial score (nSPS) is 12.1. The molecule has 0 saturated heterocycles. The number of nitrogens with one attached hydrogen (secondary N) is 1. The number of nitrogens with zero attached hydrogens (tertiary/aromatic N) is 2. The zero-order chi connectivity index (χ0) is 31.0. The van der Waals surface area contributed by atoms with Crippen LogP contribution in [0.25, 0.3) is 0 Å². The summed E-state index contributed by atoms with van der Waals surface area (Å²) in [5.74, 6) is -0.706. The van der Waals surface area contributed by atoms with Crippen molar-refractivity contribution >= 4 is 43.5 Å². The fourth-order valence-corrected chi connectivity index (χ4v) is 6.44. The lowest BCUT2D eigenvalue weighted by Gasteiger charge is -2.33. The van der Waals surface area contributed by atoms with E-state index in [1.165, 1.54) is 54.5 Å². The molecule has 2 amide bonds. The van der Waals surface area contributed by atoms with Gasteiger partial charge in [0, 0.05) is 13.1 Å². The van der Waals surface area contributed by atoms with Gasteiger partial charge in [0.05, 0.1) is 22.2 Å². The van der Waals surface area contributed by atoms with Crippen LogP contribution in [0.5, 0.6) is 5.75 Å². The van der Waals surface area contributed by atoms with E-state index in [0.717, 1.165) is 9.87 Å². The second kappa shape index (κ2) is 14.6. The molecule has 1 atom stereocenters. The van der Waals surface area contributed by atoms with Crippen molar-refractivity contribution in [1.82, 2.24) is 10.2 Å². The van der Waals surface area contributed by atoms with Crippen LogP contribution in [0.3, 0.4) is 0 Å². The van der Waals surface area contributed by atoms with Gasteiger partial charge in [0.2, 0.25) is 11.8 Å². The zero-order valence-electron chi connectivity index (χ0n) is 24.4. The molecule has 11 heteroatoms. The summed E-state index contributed by atoms with van der Waals surface area (Å²) in [4.78, 5) is 28.7. The number of rotatable bonds is 13. The number of methoxy groups -OCH3 is 1. The minimum absolute atomic E-state index is 0.0113. The molecule has 0 radical (unpaired) electrons. The van der Waals surface area contributed by atoms with Crippen molar-refractivity contribution < 1.29 is 27.1 Å². The van der Waals surface area contributed by atoms with Crippen LogP contribution < -0.4 is 14.4 Å². The standard InChI is InChI=1S/C31H37BrFN3O5S/c1-6-28(31(38)34-18-21(2)3)35(19-23-9-11-24(33)12-10-23)30(37)20-36(25-13-7-22(4)8-14-25)42(39,40)26-15-16-29(41-5)27(32)17-26/h7-17,21,28H,6,18-20H2,1-5H3,(H,34,38)/t28-/m0/s1. The molecule has 0 aromatic heterocycles. The van der Waals surface area contributed by atoms with E-state index in [2.05, 4.69) is 21.2 Å². The molecule has 0 spiro atoms. The van der Waals surface area contributed by atoms with E-state index in [1.54, 1.807) is 31.2 Å². The first-order valence-electron chi connectivity index (χ1n) is 13.6. The van der Waals surface area contributed by atoms with Crippen LogP contribution in [-0.2, 0) is 26.2 Å². The van der Waals surface area contributed by atoms with E-state index in [1.807, 2.05) is 20.8 Å². The third-order valence-electron chi connectivity index (χ3n) is 6.65. The molecule has 42 heavy (non-hydrogen) atoms. The van der Waals surface area contributed by atoms with Crippen molar-refractivity contribution in [2.24, 2.45) is 5.92 Å². The Hall–Kier alpha value is -3.44. The molecular weight excluding hydrogens is 625 g/mol. The van der Waals surface area contributed by atoms with Crippen molar-refractivity contribution in [3.05, 3.63) is 88.1 Å². The van der Waals surface area contributed by atoms with Gasteiger partial charge in [-0.1, -0.05) is 50.6 Å². The first-order valence-corrected chi connectivity index (χ1v) is 15.8. The summed E-state index contributed by atoms with van der Waals surface area (Å²) in [5.41, 5.74) is 1.81. The van der Waals surface area contributed by atoms with Crippen LogP contribution in [0.1, 0.15) is 38.3 Å². The second-order valence-electron chi connectivity index (χ2n) is 10.4. The molecule has 0 fully saturated rings. The lowest BCUT2D eigenvalue weighted by Crippen LogP contribution is -2.52. The van der Waals surface area contributed by atoms with Crippen molar-refractivity contribution in [3.8, 4) is 5.75 Å². The molecule has 8 nitrogen and oxygen atoms in total. The van der Waals surface area contributed by atoms with Gasteiger partial charge < -0.3 is 15.0 Å². The smallest absolute Gasteiger partial charge is 0.264 e. The number of benzene rings is 3. The first-order chi connectivity index (χ1) is 19.9. The summed E-state index contributed by atoms with van der Waals surface area (Å²) in [7, 11) is -2.77. The van der Waals surface area contributed by atoms with Crippen LogP contribution in [0.2, 0.25) is 0 Å². The highest BCUT2D eigenvalue weighted by atomic mass is 79.9. The van der Waals surface area contributed by atoms with Crippen molar-refractivity contribution in [3.63, 3.8) is 0 Å². The lowest BCUT2D eigenvalue weighted by molar-refractivity contribution is -0.140. The number of aryl methyl sites for hydroxylation is 1. The number of anilines is 1. The maximum Gasteiger partial charge on any atom is 0.264 e. The molecule has 0 heterocycles. The summed E-state index contributed by atoms with van der Waals surface area (Å²) in [6, 6.07) is 15.9. The van der Waals surface area contributed by atoms with E-state index in [9.17, 15) is 22.4 Å². The zero-order valence-corrected chi connectivity index (χ0v) is 26.8. The molecule has 0 unspecified atom stereocenters. The lowest BCUT2D eigenvalue weighted by atomic mass is 10.1. The summed E-state index contributed by atoms with van der Waals surface area (Å²) in [6.07, 6.45) is 0.291. The van der Waals surface area contributed by atoms with Crippen LogP contribution in [-0.4, -0.2) is 51.4 Å². The maximum absolute atomic E-state index is 14.1. The Kier molecular flexibility index (Phi) is 11.5. The number of sulfonamides is 1. The Labute approximate surface area is 256 Å². The third kappa shape index (κ3) is 8.32. The number of hydrogen-bond donors (Lipinski definition) is 1. The van der Waals surface area contributed by atoms with Gasteiger partial charge >= 0.3 is 0 Å². The van der Waals surface area contributed by atoms with Gasteiger partial charge in [0.25, 0.3) is 10.0 Å². The van der Waals surface area contributed by atoms with Gasteiger partial charge in [0.15, 0.2) is 0 Å². The predicted octanol–water partition coefficient (Wildman–Crippen LogP) is 5.68. The molecule has 0 bridgehead atoms. The first kappa shape index (κ1) is 33.1. The highest BCUT2D eigenvalue weighted by Crippen LogP contribution is 2.31. The fraction of sp³-hybridized carbons (Fsp3) is 0.355.